The van der Waals surface area contributed by atoms with Gasteiger partial charge in [-0.05, 0) is 16.5 Å². The van der Waals surface area contributed by atoms with E-state index in [1.807, 2.05) is 54.2 Å². The second-order valence-electron chi connectivity index (χ2n) is 5.54. The van der Waals surface area contributed by atoms with Crippen LogP contribution in [0.15, 0.2) is 42.6 Å². The number of carbonyl (C=O) groups excluding carboxylic acids is 1. The largest absolute Gasteiger partial charge is 0.351 e. The summed E-state index contributed by atoms with van der Waals surface area (Å²) in [6, 6.07) is 11.4. The number of tetrazole rings is 1. The van der Waals surface area contributed by atoms with Gasteiger partial charge < -0.3 is 9.47 Å². The van der Waals surface area contributed by atoms with Gasteiger partial charge in [-0.2, -0.15) is 0 Å². The van der Waals surface area contributed by atoms with Crippen molar-refractivity contribution in [2.45, 2.75) is 13.1 Å². The van der Waals surface area contributed by atoms with Gasteiger partial charge in [0.2, 0.25) is 5.91 Å². The molecule has 0 saturated heterocycles. The minimum Gasteiger partial charge on any atom is -0.351 e. The molecule has 0 aliphatic heterocycles. The Morgan fingerprint density at radius 2 is 2.04 bits per heavy atom. The third-order valence-electron chi connectivity index (χ3n) is 3.75. The number of hydrogen-bond acceptors (Lipinski definition) is 4. The van der Waals surface area contributed by atoms with Gasteiger partial charge in [0.1, 0.15) is 6.54 Å². The summed E-state index contributed by atoms with van der Waals surface area (Å²) in [5.41, 5.74) is 1.82. The second kappa shape index (κ2) is 6.84. The lowest BCUT2D eigenvalue weighted by atomic mass is 10.2. The van der Waals surface area contributed by atoms with E-state index < -0.39 is 0 Å². The molecule has 0 fully saturated rings. The number of halogens is 1. The number of aryl methyl sites for hydroxylation is 1. The molecule has 0 aliphatic carbocycles. The number of likely N-dealkylation sites (N-methyl/N-ethyl adjacent to an activating group) is 1. The predicted molar refractivity (Wildman–Crippen MR) is 90.2 cm³/mol. The van der Waals surface area contributed by atoms with E-state index in [4.69, 9.17) is 11.6 Å². The fraction of sp³-hybridized carbons (Fsp3) is 0.250. The molecule has 0 radical (unpaired) electrons. The van der Waals surface area contributed by atoms with E-state index in [9.17, 15) is 4.79 Å². The highest BCUT2D eigenvalue weighted by Gasteiger charge is 2.16. The minimum absolute atomic E-state index is 0.0753. The van der Waals surface area contributed by atoms with Gasteiger partial charge in [0, 0.05) is 31.5 Å². The van der Waals surface area contributed by atoms with E-state index in [0.29, 0.717) is 17.4 Å². The van der Waals surface area contributed by atoms with Gasteiger partial charge in [-0.25, -0.2) is 4.68 Å². The molecule has 3 aromatic rings. The van der Waals surface area contributed by atoms with Gasteiger partial charge in [0.05, 0.1) is 11.6 Å². The lowest BCUT2D eigenvalue weighted by molar-refractivity contribution is -0.131. The maximum Gasteiger partial charge on any atom is 0.244 e. The van der Waals surface area contributed by atoms with Crippen molar-refractivity contribution in [1.82, 2.24) is 29.7 Å². The van der Waals surface area contributed by atoms with Crippen LogP contribution >= 0.6 is 11.6 Å². The molecule has 2 aromatic heterocycles. The number of amides is 1. The summed E-state index contributed by atoms with van der Waals surface area (Å²) in [5.74, 6) is 0.482. The molecule has 0 spiro atoms. The number of carbonyl (C=O) groups is 1. The zero-order valence-electron chi connectivity index (χ0n) is 13.4. The minimum atomic E-state index is -0.0863. The van der Waals surface area contributed by atoms with Crippen molar-refractivity contribution in [3.63, 3.8) is 0 Å². The Bertz CT molecular complexity index is 841. The quantitative estimate of drug-likeness (QED) is 0.709. The van der Waals surface area contributed by atoms with Gasteiger partial charge in [-0.15, -0.1) is 5.10 Å². The van der Waals surface area contributed by atoms with Gasteiger partial charge in [-0.1, -0.05) is 41.9 Å². The predicted octanol–water partition coefficient (Wildman–Crippen LogP) is 1.99. The Balaban J connectivity index is 1.71. The number of aromatic nitrogens is 5. The van der Waals surface area contributed by atoms with E-state index in [1.165, 1.54) is 4.68 Å². The van der Waals surface area contributed by atoms with Crippen LogP contribution < -0.4 is 0 Å². The molecule has 8 heteroatoms. The summed E-state index contributed by atoms with van der Waals surface area (Å²) in [6.45, 7) is 0.538. The summed E-state index contributed by atoms with van der Waals surface area (Å²) in [5, 5.41) is 12.3. The Morgan fingerprint density at radius 3 is 2.71 bits per heavy atom. The van der Waals surface area contributed by atoms with Crippen molar-refractivity contribution in [1.29, 1.82) is 0 Å². The third kappa shape index (κ3) is 3.46. The summed E-state index contributed by atoms with van der Waals surface area (Å²) >= 11 is 5.98. The zero-order chi connectivity index (χ0) is 17.1. The standard InChI is InChI=1S/C16H17ClN6O/c1-21-9-13(17)8-14(21)10-22(2)15(24)11-23-16(18-19-20-23)12-6-4-3-5-7-12/h3-9H,10-11H2,1-2H3. The summed E-state index contributed by atoms with van der Waals surface area (Å²) in [6.07, 6.45) is 1.81. The van der Waals surface area contributed by atoms with Crippen LogP contribution in [0, 0.1) is 0 Å². The molecule has 0 bridgehead atoms. The van der Waals surface area contributed by atoms with Crippen LogP contribution in [0.2, 0.25) is 5.02 Å². The van der Waals surface area contributed by atoms with Crippen LogP contribution in [0.5, 0.6) is 0 Å². The molecule has 124 valence electrons. The molecule has 0 atom stereocenters. The molecule has 7 nitrogen and oxygen atoms in total. The van der Waals surface area contributed by atoms with Gasteiger partial charge in [0.25, 0.3) is 0 Å². The van der Waals surface area contributed by atoms with E-state index in [1.54, 1.807) is 11.9 Å². The molecule has 0 aliphatic rings. The topological polar surface area (TPSA) is 68.8 Å². The van der Waals surface area contributed by atoms with Crippen LogP contribution in [0.4, 0.5) is 0 Å². The number of nitrogens with zero attached hydrogens (tertiary/aromatic N) is 6. The first-order chi connectivity index (χ1) is 11.5. The number of benzene rings is 1. The maximum absolute atomic E-state index is 12.5. The Morgan fingerprint density at radius 1 is 1.29 bits per heavy atom. The normalized spacial score (nSPS) is 10.8. The Hall–Kier alpha value is -2.67. The molecule has 1 amide bonds. The summed E-state index contributed by atoms with van der Waals surface area (Å²) < 4.78 is 3.41. The van der Waals surface area contributed by atoms with E-state index in [2.05, 4.69) is 15.5 Å². The lowest BCUT2D eigenvalue weighted by Crippen LogP contribution is -2.31. The average Bonchev–Trinajstić information content (AvgIpc) is 3.14. The smallest absolute Gasteiger partial charge is 0.244 e. The highest BCUT2D eigenvalue weighted by Crippen LogP contribution is 2.16. The number of hydrogen-bond donors (Lipinski definition) is 0. The van der Waals surface area contributed by atoms with E-state index in [-0.39, 0.29) is 12.5 Å². The molecular weight excluding hydrogens is 328 g/mol. The molecule has 0 N–H and O–H groups in total. The molecule has 2 heterocycles. The van der Waals surface area contributed by atoms with Crippen LogP contribution in [-0.2, 0) is 24.9 Å². The SMILES string of the molecule is CN(Cc1cc(Cl)cn1C)C(=O)Cn1nnnc1-c1ccccc1. The molecule has 24 heavy (non-hydrogen) atoms. The van der Waals surface area contributed by atoms with Crippen LogP contribution in [0.3, 0.4) is 0 Å². The van der Waals surface area contributed by atoms with Gasteiger partial charge >= 0.3 is 0 Å². The summed E-state index contributed by atoms with van der Waals surface area (Å²) in [4.78, 5) is 14.1. The van der Waals surface area contributed by atoms with Gasteiger partial charge in [-0.3, -0.25) is 4.79 Å². The van der Waals surface area contributed by atoms with Crippen molar-refractivity contribution in [2.24, 2.45) is 7.05 Å². The van der Waals surface area contributed by atoms with Crippen molar-refractivity contribution >= 4 is 17.5 Å². The van der Waals surface area contributed by atoms with Crippen LogP contribution in [0.1, 0.15) is 5.69 Å². The van der Waals surface area contributed by atoms with Crippen molar-refractivity contribution in [3.8, 4) is 11.4 Å². The fourth-order valence-corrected chi connectivity index (χ4v) is 2.68. The molecular formula is C16H17ClN6O. The monoisotopic (exact) mass is 344 g/mol. The molecule has 0 saturated carbocycles. The van der Waals surface area contributed by atoms with Crippen LogP contribution in [-0.4, -0.2) is 42.6 Å². The first-order valence-electron chi connectivity index (χ1n) is 7.41. The highest BCUT2D eigenvalue weighted by molar-refractivity contribution is 6.30. The van der Waals surface area contributed by atoms with E-state index >= 15 is 0 Å². The first-order valence-corrected chi connectivity index (χ1v) is 7.78. The third-order valence-corrected chi connectivity index (χ3v) is 3.96. The lowest BCUT2D eigenvalue weighted by Gasteiger charge is -2.17. The molecule has 3 rings (SSSR count). The average molecular weight is 345 g/mol. The maximum atomic E-state index is 12.5. The Kier molecular flexibility index (Phi) is 4.61. The van der Waals surface area contributed by atoms with Crippen LogP contribution in [0.25, 0.3) is 11.4 Å². The highest BCUT2D eigenvalue weighted by atomic mass is 35.5. The second-order valence-corrected chi connectivity index (χ2v) is 5.97. The van der Waals surface area contributed by atoms with Crippen molar-refractivity contribution < 1.29 is 4.79 Å². The first kappa shape index (κ1) is 16.2. The number of rotatable bonds is 5. The van der Waals surface area contributed by atoms with Gasteiger partial charge in [0.15, 0.2) is 5.82 Å². The van der Waals surface area contributed by atoms with E-state index in [0.717, 1.165) is 11.3 Å². The molecule has 1 aromatic carbocycles. The Labute approximate surface area is 144 Å². The molecule has 0 unspecified atom stereocenters. The summed E-state index contributed by atoms with van der Waals surface area (Å²) in [7, 11) is 3.64. The fourth-order valence-electron chi connectivity index (χ4n) is 2.41. The van der Waals surface area contributed by atoms with Crippen molar-refractivity contribution in [2.75, 3.05) is 7.05 Å². The van der Waals surface area contributed by atoms with Crippen molar-refractivity contribution in [3.05, 3.63) is 53.3 Å². The zero-order valence-corrected chi connectivity index (χ0v) is 14.2.